The minimum Gasteiger partial charge on any atom is -0.103 e. The Labute approximate surface area is 84.0 Å². The maximum absolute atomic E-state index is 6.21. The van der Waals surface area contributed by atoms with Gasteiger partial charge in [0.15, 0.2) is 0 Å². The van der Waals surface area contributed by atoms with Crippen LogP contribution in [0.25, 0.3) is 0 Å². The minimum atomic E-state index is -1.59. The summed E-state index contributed by atoms with van der Waals surface area (Å²) in [6.07, 6.45) is 2.11. The maximum atomic E-state index is 6.21. The van der Waals surface area contributed by atoms with E-state index in [1.165, 1.54) is 0 Å². The molecule has 1 unspecified atom stereocenters. The van der Waals surface area contributed by atoms with E-state index < -0.39 is 4.59 Å². The van der Waals surface area contributed by atoms with Crippen molar-refractivity contribution in [3.8, 4) is 0 Å². The number of hydrogen-bond acceptors (Lipinski definition) is 2. The average Bonchev–Trinajstić information content (AvgIpc) is 1.55. The van der Waals surface area contributed by atoms with Gasteiger partial charge in [0.05, 0.1) is 4.59 Å². The van der Waals surface area contributed by atoms with E-state index >= 15 is 0 Å². The lowest BCUT2D eigenvalue weighted by atomic mass is 10.3. The molecule has 0 rings (SSSR count). The van der Waals surface area contributed by atoms with Gasteiger partial charge in [0.1, 0.15) is 0 Å². The fourth-order valence-corrected chi connectivity index (χ4v) is 10.4. The predicted molar refractivity (Wildman–Crippen MR) is 62.6 cm³/mol. The van der Waals surface area contributed by atoms with Gasteiger partial charge < -0.3 is 0 Å². The van der Waals surface area contributed by atoms with Gasteiger partial charge in [-0.15, -0.1) is 11.4 Å². The second-order valence-electron chi connectivity index (χ2n) is 3.52. The molecular weight excluding hydrogens is 215 g/mol. The van der Waals surface area contributed by atoms with Crippen LogP contribution in [-0.4, -0.2) is 10.9 Å². The molecule has 0 aromatic carbocycles. The molecule has 0 aliphatic carbocycles. The van der Waals surface area contributed by atoms with E-state index in [4.69, 9.17) is 23.0 Å². The van der Waals surface area contributed by atoms with Crippen molar-refractivity contribution in [2.75, 3.05) is 6.16 Å². The largest absolute Gasteiger partial charge is 0.103 e. The number of halogens is 1. The van der Waals surface area contributed by atoms with E-state index in [1.54, 1.807) is 11.4 Å². The smallest absolute Gasteiger partial charge is 0.0894 e. The zero-order valence-corrected chi connectivity index (χ0v) is 10.8. The Morgan fingerprint density at radius 1 is 1.45 bits per heavy atom. The first kappa shape index (κ1) is 12.3. The fraction of sp³-hybridized carbons (Fsp3) is 1.00. The highest BCUT2D eigenvalue weighted by atomic mass is 35.7. The molecule has 0 radical (unpaired) electrons. The summed E-state index contributed by atoms with van der Waals surface area (Å²) in [6.45, 7) is 8.62. The molecule has 0 nitrogen and oxygen atoms in total. The van der Waals surface area contributed by atoms with Gasteiger partial charge in [-0.05, 0) is 12.6 Å². The van der Waals surface area contributed by atoms with Gasteiger partial charge in [-0.25, -0.2) is 0 Å². The summed E-state index contributed by atoms with van der Waals surface area (Å²) in [5, 5.41) is 0. The van der Waals surface area contributed by atoms with Crippen LogP contribution >= 0.6 is 27.2 Å². The second kappa shape index (κ2) is 4.50. The Balaban J connectivity index is 4.03. The molecule has 0 N–H and O–H groups in total. The van der Waals surface area contributed by atoms with E-state index in [1.807, 2.05) is 0 Å². The summed E-state index contributed by atoms with van der Waals surface area (Å²) in [4.78, 5) is 0. The summed E-state index contributed by atoms with van der Waals surface area (Å²) >= 11 is 13.3. The Kier molecular flexibility index (Phi) is 5.03. The molecule has 0 saturated carbocycles. The first-order chi connectivity index (χ1) is 4.77. The van der Waals surface area contributed by atoms with E-state index in [0.717, 1.165) is 12.6 Å². The van der Waals surface area contributed by atoms with Gasteiger partial charge in [0.2, 0.25) is 0 Å². The lowest BCUT2D eigenvalue weighted by Crippen LogP contribution is -2.05. The van der Waals surface area contributed by atoms with Gasteiger partial charge in [-0.3, -0.25) is 0 Å². The minimum absolute atomic E-state index is 0.215. The maximum Gasteiger partial charge on any atom is 0.0894 e. The van der Waals surface area contributed by atoms with Gasteiger partial charge >= 0.3 is 0 Å². The van der Waals surface area contributed by atoms with Crippen molar-refractivity contribution < 1.29 is 0 Å². The van der Waals surface area contributed by atoms with Crippen LogP contribution in [0.2, 0.25) is 0 Å². The summed E-state index contributed by atoms with van der Waals surface area (Å²) in [5.41, 5.74) is 0. The van der Waals surface area contributed by atoms with Gasteiger partial charge in [-0.1, -0.05) is 50.7 Å². The van der Waals surface area contributed by atoms with Crippen LogP contribution in [0, 0.1) is 0 Å². The van der Waals surface area contributed by atoms with Crippen LogP contribution in [0.15, 0.2) is 0 Å². The summed E-state index contributed by atoms with van der Waals surface area (Å²) in [6, 6.07) is 0. The average molecular weight is 231 g/mol. The molecule has 0 bridgehead atoms. The van der Waals surface area contributed by atoms with E-state index in [0.29, 0.717) is 0 Å². The highest BCUT2D eigenvalue weighted by molar-refractivity contribution is 8.78. The molecule has 11 heavy (non-hydrogen) atoms. The molecule has 0 aromatic heterocycles. The van der Waals surface area contributed by atoms with Crippen LogP contribution in [0.1, 0.15) is 34.1 Å². The molecule has 0 amide bonds. The zero-order chi connectivity index (χ0) is 9.12. The van der Waals surface area contributed by atoms with Crippen LogP contribution in [0.3, 0.4) is 0 Å². The van der Waals surface area contributed by atoms with Crippen molar-refractivity contribution in [2.45, 2.75) is 38.9 Å². The topological polar surface area (TPSA) is 0 Å². The first-order valence-electron chi connectivity index (χ1n) is 3.76. The fourth-order valence-electron chi connectivity index (χ4n) is 0.722. The SMILES string of the molecule is CCCP(=S)(Cl)SC(C)(C)C. The Bertz CT molecular complexity index is 162. The Morgan fingerprint density at radius 2 is 1.91 bits per heavy atom. The molecule has 68 valence electrons. The molecule has 0 heterocycles. The van der Waals surface area contributed by atoms with Gasteiger partial charge in [0.25, 0.3) is 0 Å². The van der Waals surface area contributed by atoms with Crippen LogP contribution < -0.4 is 0 Å². The first-order valence-corrected chi connectivity index (χ1v) is 9.08. The standard InChI is InChI=1S/C7H16ClPS2/c1-5-6-9(8,10)11-7(2,3)4/h5-6H2,1-4H3. The van der Waals surface area contributed by atoms with Crippen molar-refractivity contribution >= 4 is 39.0 Å². The third-order valence-corrected chi connectivity index (χ3v) is 8.06. The van der Waals surface area contributed by atoms with Gasteiger partial charge in [0, 0.05) is 4.75 Å². The molecule has 0 aliphatic rings. The van der Waals surface area contributed by atoms with E-state index in [9.17, 15) is 0 Å². The second-order valence-corrected chi connectivity index (χ2v) is 14.5. The van der Waals surface area contributed by atoms with Crippen molar-refractivity contribution in [3.05, 3.63) is 0 Å². The monoisotopic (exact) mass is 230 g/mol. The van der Waals surface area contributed by atoms with Crippen molar-refractivity contribution in [3.63, 3.8) is 0 Å². The summed E-state index contributed by atoms with van der Waals surface area (Å²) in [7, 11) is 0. The third kappa shape index (κ3) is 7.64. The highest BCUT2D eigenvalue weighted by Crippen LogP contribution is 2.67. The van der Waals surface area contributed by atoms with E-state index in [2.05, 4.69) is 27.7 Å². The van der Waals surface area contributed by atoms with Crippen molar-refractivity contribution in [2.24, 2.45) is 0 Å². The van der Waals surface area contributed by atoms with Crippen molar-refractivity contribution in [1.82, 2.24) is 0 Å². The molecule has 0 aromatic rings. The van der Waals surface area contributed by atoms with Crippen LogP contribution in [0.4, 0.5) is 0 Å². The molecular formula is C7H16ClPS2. The number of hydrogen-bond donors (Lipinski definition) is 0. The molecule has 1 atom stereocenters. The summed E-state index contributed by atoms with van der Waals surface area (Å²) < 4.78 is -1.38. The normalized spacial score (nSPS) is 17.9. The van der Waals surface area contributed by atoms with Crippen LogP contribution in [0.5, 0.6) is 0 Å². The number of rotatable bonds is 3. The van der Waals surface area contributed by atoms with Gasteiger partial charge in [-0.2, -0.15) is 0 Å². The summed E-state index contributed by atoms with van der Waals surface area (Å²) in [5.74, 6) is 0. The highest BCUT2D eigenvalue weighted by Gasteiger charge is 2.22. The zero-order valence-electron chi connectivity index (χ0n) is 7.56. The molecule has 0 fully saturated rings. The molecule has 4 heteroatoms. The third-order valence-electron chi connectivity index (χ3n) is 0.901. The Morgan fingerprint density at radius 3 is 2.18 bits per heavy atom. The molecule has 0 saturated heterocycles. The predicted octanol–water partition coefficient (Wildman–Crippen LogP) is 4.48. The van der Waals surface area contributed by atoms with Crippen LogP contribution in [-0.2, 0) is 11.8 Å². The Hall–Kier alpha value is 1.29. The van der Waals surface area contributed by atoms with E-state index in [-0.39, 0.29) is 4.75 Å². The quantitative estimate of drug-likeness (QED) is 0.656. The lowest BCUT2D eigenvalue weighted by Gasteiger charge is -2.23. The lowest BCUT2D eigenvalue weighted by molar-refractivity contribution is 0.810. The van der Waals surface area contributed by atoms with Crippen molar-refractivity contribution in [1.29, 1.82) is 0 Å². The molecule has 0 spiro atoms. The molecule has 0 aliphatic heterocycles.